The number of nitro benzene ring substituents is 2. The van der Waals surface area contributed by atoms with Crippen molar-refractivity contribution in [2.75, 3.05) is 0 Å². The number of benzene rings is 2. The van der Waals surface area contributed by atoms with Gasteiger partial charge in [-0.2, -0.15) is 0 Å². The Bertz CT molecular complexity index is 1010. The molecule has 2 aromatic rings. The third-order valence-corrected chi connectivity index (χ3v) is 5.20. The van der Waals surface area contributed by atoms with Crippen molar-refractivity contribution in [1.82, 2.24) is 0 Å². The second kappa shape index (κ2) is 8.55. The average Bonchev–Trinajstić information content (AvgIpc) is 2.67. The summed E-state index contributed by atoms with van der Waals surface area (Å²) < 4.78 is 0. The van der Waals surface area contributed by atoms with Crippen LogP contribution in [0.1, 0.15) is 30.4 Å². The smallest absolute Gasteiger partial charge is 0.270 e. The molecule has 0 N–H and O–H groups in total. The first-order valence-electron chi connectivity index (χ1n) is 8.60. The lowest BCUT2D eigenvalue weighted by Gasteiger charge is -2.17. The minimum absolute atomic E-state index is 0.122. The van der Waals surface area contributed by atoms with Crippen LogP contribution in [0.25, 0.3) is 12.2 Å². The normalized spacial score (nSPS) is 17.0. The molecule has 0 aliphatic heterocycles. The van der Waals surface area contributed by atoms with Gasteiger partial charge in [-0.05, 0) is 43.5 Å². The molecule has 0 bridgehead atoms. The van der Waals surface area contributed by atoms with Crippen LogP contribution in [0.15, 0.2) is 47.5 Å². The number of hydrogen-bond acceptors (Lipinski definition) is 5. The Balaban J connectivity index is 1.98. The molecule has 1 fully saturated rings. The van der Waals surface area contributed by atoms with E-state index in [0.717, 1.165) is 0 Å². The fourth-order valence-electron chi connectivity index (χ4n) is 3.06. The van der Waals surface area contributed by atoms with Crippen molar-refractivity contribution < 1.29 is 14.6 Å². The Morgan fingerprint density at radius 3 is 1.59 bits per heavy atom. The fourth-order valence-corrected chi connectivity index (χ4v) is 3.41. The van der Waals surface area contributed by atoms with Crippen LogP contribution in [0, 0.1) is 20.2 Å². The highest BCUT2D eigenvalue weighted by atomic mass is 35.5. The molecule has 0 aromatic heterocycles. The molecule has 2 aromatic carbocycles. The van der Waals surface area contributed by atoms with E-state index in [1.54, 1.807) is 12.2 Å². The van der Waals surface area contributed by atoms with Gasteiger partial charge in [-0.15, -0.1) is 0 Å². The summed E-state index contributed by atoms with van der Waals surface area (Å²) in [5.74, 6) is -0.235. The van der Waals surface area contributed by atoms with Crippen LogP contribution in [-0.2, 0) is 4.79 Å². The lowest BCUT2D eigenvalue weighted by Crippen LogP contribution is -2.12. The number of rotatable bonds is 4. The van der Waals surface area contributed by atoms with E-state index in [1.807, 2.05) is 0 Å². The van der Waals surface area contributed by atoms with Crippen molar-refractivity contribution in [3.05, 3.63) is 88.9 Å². The van der Waals surface area contributed by atoms with Gasteiger partial charge >= 0.3 is 0 Å². The Hall–Kier alpha value is -3.03. The molecule has 1 aliphatic rings. The average molecular weight is 433 g/mol. The third kappa shape index (κ3) is 4.70. The zero-order valence-corrected chi connectivity index (χ0v) is 16.4. The number of allylic oxidation sites excluding steroid dienone is 2. The first kappa shape index (κ1) is 20.7. The number of ketones is 1. The number of carbonyl (C=O) groups excluding carboxylic acids is 1. The quantitative estimate of drug-likeness (QED) is 0.333. The van der Waals surface area contributed by atoms with Crippen molar-refractivity contribution in [3.63, 3.8) is 0 Å². The van der Waals surface area contributed by atoms with Crippen LogP contribution in [0.4, 0.5) is 11.4 Å². The molecule has 0 radical (unpaired) electrons. The summed E-state index contributed by atoms with van der Waals surface area (Å²) in [5, 5.41) is 22.6. The van der Waals surface area contributed by atoms with Crippen LogP contribution in [0.5, 0.6) is 0 Å². The Morgan fingerprint density at radius 1 is 0.793 bits per heavy atom. The number of halogens is 2. The topological polar surface area (TPSA) is 103 Å². The number of Topliss-reactive ketones (excluding diaryl/α,β-unsaturated/α-hetero) is 1. The van der Waals surface area contributed by atoms with Gasteiger partial charge in [-0.1, -0.05) is 23.2 Å². The van der Waals surface area contributed by atoms with Gasteiger partial charge in [0.1, 0.15) is 0 Å². The van der Waals surface area contributed by atoms with Gasteiger partial charge in [0.05, 0.1) is 9.85 Å². The second-order valence-electron chi connectivity index (χ2n) is 6.45. The van der Waals surface area contributed by atoms with Crippen LogP contribution in [-0.4, -0.2) is 15.6 Å². The molecule has 29 heavy (non-hydrogen) atoms. The summed E-state index contributed by atoms with van der Waals surface area (Å²) >= 11 is 12.3. The zero-order chi connectivity index (χ0) is 21.1. The predicted octanol–water partition coefficient (Wildman–Crippen LogP) is 6.03. The molecule has 0 spiro atoms. The first-order valence-corrected chi connectivity index (χ1v) is 9.35. The minimum Gasteiger partial charge on any atom is -0.289 e. The van der Waals surface area contributed by atoms with E-state index >= 15 is 0 Å². The number of carbonyl (C=O) groups is 1. The number of hydrogen-bond donors (Lipinski definition) is 0. The molecule has 0 heterocycles. The van der Waals surface area contributed by atoms with E-state index in [0.29, 0.717) is 51.6 Å². The van der Waals surface area contributed by atoms with Crippen molar-refractivity contribution in [2.45, 2.75) is 19.3 Å². The second-order valence-corrected chi connectivity index (χ2v) is 7.26. The predicted molar refractivity (Wildman–Crippen MR) is 111 cm³/mol. The third-order valence-electron chi connectivity index (χ3n) is 4.52. The number of nitrogens with zero attached hydrogens (tertiary/aromatic N) is 2. The van der Waals surface area contributed by atoms with E-state index in [-0.39, 0.29) is 17.2 Å². The molecule has 7 nitrogen and oxygen atoms in total. The molecule has 0 unspecified atom stereocenters. The summed E-state index contributed by atoms with van der Waals surface area (Å²) in [5.41, 5.74) is 1.46. The molecular formula is C20H14Cl2N2O5. The highest BCUT2D eigenvalue weighted by Gasteiger charge is 2.22. The lowest BCUT2D eigenvalue weighted by molar-refractivity contribution is -0.385. The van der Waals surface area contributed by atoms with Gasteiger partial charge in [-0.25, -0.2) is 0 Å². The summed E-state index contributed by atoms with van der Waals surface area (Å²) in [6, 6.07) is 8.05. The van der Waals surface area contributed by atoms with Crippen molar-refractivity contribution in [1.29, 1.82) is 0 Å². The minimum atomic E-state index is -0.531. The maximum Gasteiger partial charge on any atom is 0.270 e. The van der Waals surface area contributed by atoms with Gasteiger partial charge in [0.2, 0.25) is 0 Å². The molecule has 0 atom stereocenters. The fraction of sp³-hybridized carbons (Fsp3) is 0.150. The summed E-state index contributed by atoms with van der Waals surface area (Å²) in [4.78, 5) is 33.8. The van der Waals surface area contributed by atoms with Crippen LogP contribution >= 0.6 is 23.2 Å². The summed E-state index contributed by atoms with van der Waals surface area (Å²) in [6.07, 6.45) is 4.79. The maximum atomic E-state index is 12.9. The summed E-state index contributed by atoms with van der Waals surface area (Å²) in [7, 11) is 0. The van der Waals surface area contributed by atoms with Gasteiger partial charge in [-0.3, -0.25) is 25.0 Å². The molecule has 3 rings (SSSR count). The van der Waals surface area contributed by atoms with E-state index in [2.05, 4.69) is 0 Å². The number of non-ortho nitro benzene ring substituents is 2. The Morgan fingerprint density at radius 2 is 1.21 bits per heavy atom. The molecular weight excluding hydrogens is 419 g/mol. The Labute approximate surface area is 175 Å². The van der Waals surface area contributed by atoms with Gasteiger partial charge in [0, 0.05) is 56.6 Å². The van der Waals surface area contributed by atoms with E-state index < -0.39 is 9.85 Å². The number of nitro groups is 2. The molecule has 0 amide bonds. The molecule has 1 saturated carbocycles. The zero-order valence-electron chi connectivity index (χ0n) is 14.9. The molecule has 9 heteroatoms. The van der Waals surface area contributed by atoms with E-state index in [9.17, 15) is 25.0 Å². The monoisotopic (exact) mass is 432 g/mol. The highest BCUT2D eigenvalue weighted by molar-refractivity contribution is 6.33. The van der Waals surface area contributed by atoms with E-state index in [1.165, 1.54) is 36.4 Å². The summed E-state index contributed by atoms with van der Waals surface area (Å²) in [6.45, 7) is 0. The van der Waals surface area contributed by atoms with Crippen LogP contribution in [0.2, 0.25) is 10.0 Å². The molecule has 148 valence electrons. The molecule has 1 aliphatic carbocycles. The van der Waals surface area contributed by atoms with Gasteiger partial charge in [0.25, 0.3) is 11.4 Å². The van der Waals surface area contributed by atoms with Gasteiger partial charge < -0.3 is 0 Å². The van der Waals surface area contributed by atoms with Crippen molar-refractivity contribution in [3.8, 4) is 0 Å². The van der Waals surface area contributed by atoms with Crippen molar-refractivity contribution >= 4 is 52.5 Å². The van der Waals surface area contributed by atoms with Gasteiger partial charge in [0.15, 0.2) is 5.78 Å². The first-order chi connectivity index (χ1) is 13.8. The molecule has 0 saturated heterocycles. The van der Waals surface area contributed by atoms with Crippen LogP contribution < -0.4 is 0 Å². The lowest BCUT2D eigenvalue weighted by atomic mass is 9.86. The highest BCUT2D eigenvalue weighted by Crippen LogP contribution is 2.32. The maximum absolute atomic E-state index is 12.9. The van der Waals surface area contributed by atoms with E-state index in [4.69, 9.17) is 23.2 Å². The largest absolute Gasteiger partial charge is 0.289 e. The van der Waals surface area contributed by atoms with Crippen LogP contribution in [0.3, 0.4) is 0 Å². The van der Waals surface area contributed by atoms with Crippen molar-refractivity contribution in [2.24, 2.45) is 0 Å². The SMILES string of the molecule is O=C1C(=Cc2cc([N+](=O)[O-])ccc2Cl)CCCC1=Cc1cc([N+](=O)[O-])ccc1Cl. The Kier molecular flexibility index (Phi) is 6.10. The standard InChI is InChI=1S/C20H14Cl2N2O5/c21-18-6-4-16(23(26)27)10-14(18)8-12-2-1-3-13(20(12)25)9-15-11-17(24(28)29)5-7-19(15)22/h4-11H,1-3H2.